The number of likely N-dealkylation sites (tertiary alicyclic amines) is 1. The van der Waals surface area contributed by atoms with Crippen molar-refractivity contribution < 1.29 is 4.79 Å². The third-order valence-electron chi connectivity index (χ3n) is 7.76. The van der Waals surface area contributed by atoms with Gasteiger partial charge in [-0.2, -0.15) is 5.10 Å². The zero-order valence-electron chi connectivity index (χ0n) is 19.9. The number of amides is 1. The summed E-state index contributed by atoms with van der Waals surface area (Å²) >= 11 is 1.84. The summed E-state index contributed by atoms with van der Waals surface area (Å²) in [6, 6.07) is 13.3. The van der Waals surface area contributed by atoms with E-state index in [1.54, 1.807) is 0 Å². The molecule has 4 heterocycles. The molecule has 6 nitrogen and oxygen atoms in total. The first-order chi connectivity index (χ1) is 16.7. The van der Waals surface area contributed by atoms with Crippen LogP contribution in [0, 0.1) is 0 Å². The molecule has 34 heavy (non-hydrogen) atoms. The molecule has 6 rings (SSSR count). The molecule has 0 atom stereocenters. The van der Waals surface area contributed by atoms with E-state index in [2.05, 4.69) is 63.3 Å². The molecule has 0 spiro atoms. The Balaban J connectivity index is 1.27. The maximum Gasteiger partial charge on any atom is 0.274 e. The number of rotatable bonds is 4. The van der Waals surface area contributed by atoms with Gasteiger partial charge in [-0.05, 0) is 49.7 Å². The standard InChI is InChI=1S/C27H33N5OS/c1-29-14-16-31(17-15-29)27(33)25-23-7-8-24-22(11-18-34-24)26(23)32(28-25)21-9-12-30(13-10-21)19-20-5-3-2-4-6-20/h2-6,11,18,21H,7-10,12-17,19H2,1H3. The van der Waals surface area contributed by atoms with Crippen molar-refractivity contribution in [1.82, 2.24) is 24.5 Å². The molecule has 0 unspecified atom stereocenters. The molecule has 7 heteroatoms. The van der Waals surface area contributed by atoms with Crippen LogP contribution in [0.5, 0.6) is 0 Å². The monoisotopic (exact) mass is 475 g/mol. The van der Waals surface area contributed by atoms with Gasteiger partial charge in [0.1, 0.15) is 0 Å². The Labute approximate surface area is 205 Å². The van der Waals surface area contributed by atoms with Crippen LogP contribution in [0.2, 0.25) is 0 Å². The van der Waals surface area contributed by atoms with Crippen molar-refractivity contribution in [3.05, 3.63) is 63.5 Å². The van der Waals surface area contributed by atoms with E-state index in [9.17, 15) is 4.79 Å². The number of piperazine rings is 1. The van der Waals surface area contributed by atoms with Crippen LogP contribution in [0.1, 0.15) is 45.4 Å². The number of fused-ring (bicyclic) bond motifs is 3. The SMILES string of the molecule is CN1CCN(C(=O)c2nn(C3CCN(Cc4ccccc4)CC3)c3c2CCc2sccc2-3)CC1. The van der Waals surface area contributed by atoms with Gasteiger partial charge in [-0.1, -0.05) is 30.3 Å². The van der Waals surface area contributed by atoms with Crippen LogP contribution in [-0.4, -0.2) is 76.7 Å². The summed E-state index contributed by atoms with van der Waals surface area (Å²) in [5.74, 6) is 0.128. The van der Waals surface area contributed by atoms with Crippen LogP contribution < -0.4 is 0 Å². The lowest BCUT2D eigenvalue weighted by molar-refractivity contribution is 0.0655. The van der Waals surface area contributed by atoms with E-state index >= 15 is 0 Å². The summed E-state index contributed by atoms with van der Waals surface area (Å²) in [4.78, 5) is 21.9. The van der Waals surface area contributed by atoms with E-state index in [0.717, 1.165) is 71.5 Å². The third kappa shape index (κ3) is 4.10. The average molecular weight is 476 g/mol. The van der Waals surface area contributed by atoms with E-state index in [0.29, 0.717) is 11.7 Å². The number of nitrogens with zero attached hydrogens (tertiary/aromatic N) is 5. The summed E-state index contributed by atoms with van der Waals surface area (Å²) in [5.41, 5.74) is 5.80. The van der Waals surface area contributed by atoms with Crippen molar-refractivity contribution in [3.63, 3.8) is 0 Å². The molecule has 0 bridgehead atoms. The minimum atomic E-state index is 0.128. The Bertz CT molecular complexity index is 1150. The highest BCUT2D eigenvalue weighted by atomic mass is 32.1. The summed E-state index contributed by atoms with van der Waals surface area (Å²) in [6.45, 7) is 6.58. The topological polar surface area (TPSA) is 44.6 Å². The quantitative estimate of drug-likeness (QED) is 0.574. The van der Waals surface area contributed by atoms with Gasteiger partial charge in [0.2, 0.25) is 0 Å². The third-order valence-corrected chi connectivity index (χ3v) is 8.74. The Morgan fingerprint density at radius 3 is 2.53 bits per heavy atom. The van der Waals surface area contributed by atoms with Gasteiger partial charge >= 0.3 is 0 Å². The number of thiophene rings is 1. The lowest BCUT2D eigenvalue weighted by Gasteiger charge is -2.33. The Morgan fingerprint density at radius 1 is 1.00 bits per heavy atom. The minimum absolute atomic E-state index is 0.128. The Morgan fingerprint density at radius 2 is 1.76 bits per heavy atom. The van der Waals surface area contributed by atoms with Crippen LogP contribution in [0.4, 0.5) is 0 Å². The van der Waals surface area contributed by atoms with Gasteiger partial charge in [0.15, 0.2) is 5.69 Å². The molecule has 0 saturated carbocycles. The molecule has 1 aromatic carbocycles. The largest absolute Gasteiger partial charge is 0.335 e. The Kier molecular flexibility index (Phi) is 6.01. The number of aromatic nitrogens is 2. The number of aryl methyl sites for hydroxylation is 1. The fraction of sp³-hybridized carbons (Fsp3) is 0.481. The normalized spacial score (nSPS) is 19.7. The van der Waals surface area contributed by atoms with E-state index in [1.165, 1.54) is 27.3 Å². The highest BCUT2D eigenvalue weighted by Crippen LogP contribution is 2.41. The number of carbonyl (C=O) groups excluding carboxylic acids is 1. The lowest BCUT2D eigenvalue weighted by atomic mass is 9.93. The average Bonchev–Trinajstić information content (AvgIpc) is 3.50. The zero-order valence-corrected chi connectivity index (χ0v) is 20.8. The Hall–Kier alpha value is -2.48. The molecule has 1 aliphatic carbocycles. The van der Waals surface area contributed by atoms with E-state index < -0.39 is 0 Å². The van der Waals surface area contributed by atoms with Gasteiger partial charge in [-0.15, -0.1) is 11.3 Å². The van der Waals surface area contributed by atoms with E-state index in [4.69, 9.17) is 5.10 Å². The number of hydrogen-bond acceptors (Lipinski definition) is 5. The van der Waals surface area contributed by atoms with Crippen LogP contribution in [0.15, 0.2) is 41.8 Å². The summed E-state index contributed by atoms with van der Waals surface area (Å²) in [6.07, 6.45) is 4.08. The molecular weight excluding hydrogens is 442 g/mol. The minimum Gasteiger partial charge on any atom is -0.335 e. The fourth-order valence-corrected chi connectivity index (χ4v) is 6.61. The van der Waals surface area contributed by atoms with Gasteiger partial charge in [-0.3, -0.25) is 14.4 Å². The second kappa shape index (κ2) is 9.29. The zero-order chi connectivity index (χ0) is 23.1. The molecule has 3 aliphatic rings. The second-order valence-electron chi connectivity index (χ2n) is 9.97. The van der Waals surface area contributed by atoms with Crippen molar-refractivity contribution in [2.45, 2.75) is 38.3 Å². The summed E-state index contributed by atoms with van der Waals surface area (Å²) in [7, 11) is 2.13. The van der Waals surface area contributed by atoms with Gasteiger partial charge in [0, 0.05) is 61.8 Å². The molecule has 2 saturated heterocycles. The predicted octanol–water partition coefficient (Wildman–Crippen LogP) is 3.93. The number of carbonyl (C=O) groups is 1. The molecule has 2 fully saturated rings. The molecule has 2 aliphatic heterocycles. The fourth-order valence-electron chi connectivity index (χ4n) is 5.73. The molecule has 3 aromatic rings. The predicted molar refractivity (Wildman–Crippen MR) is 136 cm³/mol. The number of hydrogen-bond donors (Lipinski definition) is 0. The highest BCUT2D eigenvalue weighted by molar-refractivity contribution is 7.10. The van der Waals surface area contributed by atoms with Crippen LogP contribution in [0.3, 0.4) is 0 Å². The number of likely N-dealkylation sites (N-methyl/N-ethyl adjacent to an activating group) is 1. The first-order valence-electron chi connectivity index (χ1n) is 12.6. The van der Waals surface area contributed by atoms with Crippen molar-refractivity contribution in [1.29, 1.82) is 0 Å². The molecule has 0 radical (unpaired) electrons. The smallest absolute Gasteiger partial charge is 0.274 e. The molecule has 1 amide bonds. The van der Waals surface area contributed by atoms with Gasteiger partial charge < -0.3 is 9.80 Å². The molecule has 2 aromatic heterocycles. The van der Waals surface area contributed by atoms with Crippen LogP contribution in [0.25, 0.3) is 11.3 Å². The lowest BCUT2D eigenvalue weighted by Crippen LogP contribution is -2.47. The van der Waals surface area contributed by atoms with Crippen molar-refractivity contribution in [2.75, 3.05) is 46.3 Å². The molecule has 178 valence electrons. The highest BCUT2D eigenvalue weighted by Gasteiger charge is 2.34. The maximum atomic E-state index is 13.6. The summed E-state index contributed by atoms with van der Waals surface area (Å²) < 4.78 is 2.25. The number of benzene rings is 1. The summed E-state index contributed by atoms with van der Waals surface area (Å²) in [5, 5.41) is 7.29. The van der Waals surface area contributed by atoms with Crippen molar-refractivity contribution in [3.8, 4) is 11.3 Å². The van der Waals surface area contributed by atoms with Crippen LogP contribution in [-0.2, 0) is 19.4 Å². The van der Waals surface area contributed by atoms with Gasteiger partial charge in [-0.25, -0.2) is 0 Å². The molecular formula is C27H33N5OS. The second-order valence-corrected chi connectivity index (χ2v) is 11.0. The van der Waals surface area contributed by atoms with Crippen molar-refractivity contribution in [2.24, 2.45) is 0 Å². The van der Waals surface area contributed by atoms with E-state index in [1.807, 2.05) is 16.2 Å². The number of piperidine rings is 1. The maximum absolute atomic E-state index is 13.6. The first-order valence-corrected chi connectivity index (χ1v) is 13.5. The first kappa shape index (κ1) is 22.0. The van der Waals surface area contributed by atoms with Crippen LogP contribution >= 0.6 is 11.3 Å². The van der Waals surface area contributed by atoms with Crippen molar-refractivity contribution >= 4 is 17.2 Å². The van der Waals surface area contributed by atoms with Gasteiger partial charge in [0.05, 0.1) is 11.7 Å². The van der Waals surface area contributed by atoms with Gasteiger partial charge in [0.25, 0.3) is 5.91 Å². The van der Waals surface area contributed by atoms with E-state index in [-0.39, 0.29) is 5.91 Å². The molecule has 0 N–H and O–H groups in total.